The van der Waals surface area contributed by atoms with Crippen LogP contribution in [0.5, 0.6) is 0 Å². The lowest BCUT2D eigenvalue weighted by Gasteiger charge is -2.24. The Bertz CT molecular complexity index is 677. The molecular formula is C15H26ClN9O4. The molecule has 1 aliphatic rings. The third kappa shape index (κ3) is 9.35. The Kier molecular flexibility index (Phi) is 12.2. The van der Waals surface area contributed by atoms with E-state index in [0.29, 0.717) is 12.8 Å². The fourth-order valence-corrected chi connectivity index (χ4v) is 3.08. The van der Waals surface area contributed by atoms with Gasteiger partial charge in [0.15, 0.2) is 0 Å². The highest BCUT2D eigenvalue weighted by atomic mass is 35.5. The topological polar surface area (TPSA) is 205 Å². The monoisotopic (exact) mass is 431 g/mol. The van der Waals surface area contributed by atoms with E-state index in [9.17, 15) is 14.4 Å². The summed E-state index contributed by atoms with van der Waals surface area (Å²) in [6, 6.07) is -1.88. The maximum Gasteiger partial charge on any atom is 0.322 e. The first kappa shape index (κ1) is 26.3. The first-order chi connectivity index (χ1) is 13.3. The predicted molar refractivity (Wildman–Crippen MR) is 106 cm³/mol. The molecular weight excluding hydrogens is 406 g/mol. The summed E-state index contributed by atoms with van der Waals surface area (Å²) in [6.07, 6.45) is 0.795. The largest absolute Gasteiger partial charge is 0.480 e. The highest BCUT2D eigenvalue weighted by Crippen LogP contribution is 2.22. The summed E-state index contributed by atoms with van der Waals surface area (Å²) < 4.78 is 0. The minimum Gasteiger partial charge on any atom is -0.480 e. The van der Waals surface area contributed by atoms with E-state index in [1.165, 1.54) is 0 Å². The van der Waals surface area contributed by atoms with Crippen LogP contribution in [-0.4, -0.2) is 60.6 Å². The van der Waals surface area contributed by atoms with Crippen molar-refractivity contribution in [2.24, 2.45) is 22.1 Å². The molecule has 1 aliphatic heterocycles. The van der Waals surface area contributed by atoms with E-state index in [-0.39, 0.29) is 43.4 Å². The average Bonchev–Trinajstić information content (AvgIpc) is 3.04. The molecule has 1 saturated heterocycles. The summed E-state index contributed by atoms with van der Waals surface area (Å²) in [6.45, 7) is 3.42. The van der Waals surface area contributed by atoms with E-state index in [1.807, 2.05) is 13.8 Å². The van der Waals surface area contributed by atoms with Crippen LogP contribution in [0.4, 0.5) is 0 Å². The highest BCUT2D eigenvalue weighted by Gasteiger charge is 2.38. The van der Waals surface area contributed by atoms with Crippen molar-refractivity contribution < 1.29 is 19.5 Å². The van der Waals surface area contributed by atoms with Crippen molar-refractivity contribution in [2.75, 3.05) is 19.6 Å². The summed E-state index contributed by atoms with van der Waals surface area (Å²) in [5.41, 5.74) is 17.0. The maximum atomic E-state index is 12.8. The number of rotatable bonds is 11. The Balaban J connectivity index is 0.00000784. The minimum absolute atomic E-state index is 0. The Labute approximate surface area is 173 Å². The number of amides is 2. The van der Waals surface area contributed by atoms with Gasteiger partial charge in [-0.05, 0) is 35.7 Å². The van der Waals surface area contributed by atoms with Gasteiger partial charge in [-0.15, -0.1) is 12.4 Å². The van der Waals surface area contributed by atoms with E-state index in [1.54, 1.807) is 0 Å². The molecule has 29 heavy (non-hydrogen) atoms. The molecule has 14 heteroatoms. The number of halogens is 1. The van der Waals surface area contributed by atoms with Crippen molar-refractivity contribution in [1.82, 2.24) is 16.0 Å². The first-order valence-electron chi connectivity index (χ1n) is 8.86. The lowest BCUT2D eigenvalue weighted by atomic mass is 9.97. The molecule has 0 bridgehead atoms. The van der Waals surface area contributed by atoms with Crippen LogP contribution < -0.4 is 16.0 Å². The molecule has 4 N–H and O–H groups in total. The van der Waals surface area contributed by atoms with Gasteiger partial charge >= 0.3 is 5.97 Å². The molecule has 4 atom stereocenters. The molecule has 162 valence electrons. The van der Waals surface area contributed by atoms with Gasteiger partial charge < -0.3 is 21.1 Å². The summed E-state index contributed by atoms with van der Waals surface area (Å²) in [5, 5.41) is 23.7. The van der Waals surface area contributed by atoms with Crippen molar-refractivity contribution in [3.63, 3.8) is 0 Å². The molecule has 1 rings (SSSR count). The van der Waals surface area contributed by atoms with Gasteiger partial charge in [-0.3, -0.25) is 14.4 Å². The van der Waals surface area contributed by atoms with Gasteiger partial charge in [0.05, 0.1) is 6.04 Å². The number of carbonyl (C=O) groups is 3. The smallest absolute Gasteiger partial charge is 0.322 e. The van der Waals surface area contributed by atoms with Crippen LogP contribution in [0.3, 0.4) is 0 Å². The Hall–Kier alpha value is -2.72. The predicted octanol–water partition coefficient (Wildman–Crippen LogP) is 1.11. The molecule has 0 aromatic heterocycles. The lowest BCUT2D eigenvalue weighted by Crippen LogP contribution is -2.54. The molecule has 13 nitrogen and oxygen atoms in total. The summed E-state index contributed by atoms with van der Waals surface area (Å²) in [4.78, 5) is 41.1. The maximum absolute atomic E-state index is 12.8. The van der Waals surface area contributed by atoms with E-state index in [4.69, 9.17) is 16.2 Å². The van der Waals surface area contributed by atoms with E-state index >= 15 is 0 Å². The fraction of sp³-hybridized carbons (Fsp3) is 0.800. The van der Waals surface area contributed by atoms with Crippen LogP contribution in [0.25, 0.3) is 20.9 Å². The molecule has 0 unspecified atom stereocenters. The number of hydrogen-bond acceptors (Lipinski definition) is 6. The van der Waals surface area contributed by atoms with Crippen molar-refractivity contribution in [3.05, 3.63) is 20.9 Å². The van der Waals surface area contributed by atoms with E-state index in [2.05, 4.69) is 36.0 Å². The number of nitrogens with one attached hydrogen (secondary N) is 3. The van der Waals surface area contributed by atoms with Crippen molar-refractivity contribution >= 4 is 30.2 Å². The van der Waals surface area contributed by atoms with Gasteiger partial charge in [-0.2, -0.15) is 0 Å². The molecule has 0 spiro atoms. The van der Waals surface area contributed by atoms with Gasteiger partial charge in [0.25, 0.3) is 0 Å². The number of carboxylic acid groups (broad SMARTS) is 1. The summed E-state index contributed by atoms with van der Waals surface area (Å²) in [7, 11) is 0. The standard InChI is InChI=1S/C15H25N9O4.ClH/c1-8(2)3-11(14(27)18-7-12(25)26)22-15(28)13-9(5-19-23-16)4-10(21-13)6-20-24-17;/h8-11,13,21H,3-7H2,1-2H3,(H,18,27)(H,22,28)(H,25,26);1H/t9-,10+,11-,13+;/m0./s1. The first-order valence-corrected chi connectivity index (χ1v) is 8.86. The van der Waals surface area contributed by atoms with Gasteiger partial charge in [-0.25, -0.2) is 0 Å². The Morgan fingerprint density at radius 1 is 1.21 bits per heavy atom. The van der Waals surface area contributed by atoms with Gasteiger partial charge in [0.1, 0.15) is 12.6 Å². The van der Waals surface area contributed by atoms with Crippen molar-refractivity contribution in [3.8, 4) is 0 Å². The van der Waals surface area contributed by atoms with Gasteiger partial charge in [0.2, 0.25) is 11.8 Å². The number of carbonyl (C=O) groups excluding carboxylic acids is 2. The van der Waals surface area contributed by atoms with E-state index < -0.39 is 36.4 Å². The van der Waals surface area contributed by atoms with Gasteiger partial charge in [0, 0.05) is 29.0 Å². The molecule has 1 heterocycles. The van der Waals surface area contributed by atoms with Crippen molar-refractivity contribution in [2.45, 2.75) is 44.8 Å². The van der Waals surface area contributed by atoms with Crippen LogP contribution in [0.15, 0.2) is 10.2 Å². The summed E-state index contributed by atoms with van der Waals surface area (Å²) in [5.74, 6) is -2.47. The van der Waals surface area contributed by atoms with Crippen LogP contribution in [-0.2, 0) is 14.4 Å². The molecule has 0 radical (unpaired) electrons. The zero-order valence-corrected chi connectivity index (χ0v) is 17.0. The molecule has 0 aromatic carbocycles. The Morgan fingerprint density at radius 3 is 2.38 bits per heavy atom. The average molecular weight is 432 g/mol. The second-order valence-electron chi connectivity index (χ2n) is 6.97. The number of hydrogen-bond donors (Lipinski definition) is 4. The van der Waals surface area contributed by atoms with Crippen molar-refractivity contribution in [1.29, 1.82) is 0 Å². The van der Waals surface area contributed by atoms with Crippen LogP contribution in [0.1, 0.15) is 26.7 Å². The third-order valence-electron chi connectivity index (χ3n) is 4.26. The number of aliphatic carboxylic acids is 1. The Morgan fingerprint density at radius 2 is 1.83 bits per heavy atom. The normalized spacial score (nSPS) is 21.1. The molecule has 2 amide bonds. The van der Waals surface area contributed by atoms with Crippen LogP contribution in [0.2, 0.25) is 0 Å². The zero-order chi connectivity index (χ0) is 21.1. The summed E-state index contributed by atoms with van der Waals surface area (Å²) >= 11 is 0. The SMILES string of the molecule is CC(C)C[C@H](NC(=O)[C@@H]1N[C@@H](CN=[N+]=[N-])C[C@H]1CN=[N+]=[N-])C(=O)NCC(=O)O.Cl. The third-order valence-corrected chi connectivity index (χ3v) is 4.26. The zero-order valence-electron chi connectivity index (χ0n) is 16.2. The lowest BCUT2D eigenvalue weighted by molar-refractivity contribution is -0.138. The molecule has 0 aromatic rings. The molecule has 0 aliphatic carbocycles. The molecule has 0 saturated carbocycles. The molecule has 1 fully saturated rings. The van der Waals surface area contributed by atoms with Gasteiger partial charge in [-0.1, -0.05) is 24.1 Å². The minimum atomic E-state index is -1.18. The number of nitrogens with zero attached hydrogens (tertiary/aromatic N) is 6. The second kappa shape index (κ2) is 13.5. The van der Waals surface area contributed by atoms with Crippen LogP contribution in [0, 0.1) is 11.8 Å². The fourth-order valence-electron chi connectivity index (χ4n) is 3.08. The quantitative estimate of drug-likeness (QED) is 0.215. The van der Waals surface area contributed by atoms with Crippen LogP contribution >= 0.6 is 12.4 Å². The highest BCUT2D eigenvalue weighted by molar-refractivity contribution is 5.91. The number of carboxylic acids is 1. The second-order valence-corrected chi connectivity index (χ2v) is 6.97. The van der Waals surface area contributed by atoms with E-state index in [0.717, 1.165) is 0 Å². The number of azide groups is 2.